The van der Waals surface area contributed by atoms with E-state index in [1.54, 1.807) is 0 Å². The van der Waals surface area contributed by atoms with Gasteiger partial charge in [-0.05, 0) is 68.4 Å². The van der Waals surface area contributed by atoms with Crippen LogP contribution in [0, 0.1) is 29.4 Å². The Bertz CT molecular complexity index is 576. The molecule has 0 radical (unpaired) electrons. The maximum absolute atomic E-state index is 14.0. The van der Waals surface area contributed by atoms with Crippen LogP contribution in [-0.2, 0) is 0 Å². The van der Waals surface area contributed by atoms with Gasteiger partial charge in [0.15, 0.2) is 11.5 Å². The zero-order chi connectivity index (χ0) is 19.8. The molecule has 0 atom stereocenters. The fraction of sp³-hybridized carbons (Fsp3) is 0.714. The number of alkyl halides is 2. The Hall–Kier alpha value is -1.46. The minimum Gasteiger partial charge on any atom is -0.494 e. The molecule has 2 aliphatic carbocycles. The second-order valence-electron chi connectivity index (χ2n) is 7.67. The lowest BCUT2D eigenvalue weighted by atomic mass is 9.71. The van der Waals surface area contributed by atoms with E-state index < -0.39 is 18.6 Å². The molecule has 27 heavy (non-hydrogen) atoms. The molecule has 0 heterocycles. The maximum Gasteiger partial charge on any atom is 0.229 e. The van der Waals surface area contributed by atoms with E-state index in [0.29, 0.717) is 0 Å². The molecule has 0 amide bonds. The summed E-state index contributed by atoms with van der Waals surface area (Å²) in [5, 5.41) is 0. The van der Waals surface area contributed by atoms with Crippen LogP contribution in [0.2, 0.25) is 0 Å². The highest BCUT2D eigenvalue weighted by molar-refractivity contribution is 5.35. The van der Waals surface area contributed by atoms with E-state index in [-0.39, 0.29) is 20.5 Å². The number of hydrogen-bond acceptors (Lipinski definition) is 2. The van der Waals surface area contributed by atoms with E-state index in [1.807, 2.05) is 0 Å². The Morgan fingerprint density at radius 2 is 1.30 bits per heavy atom. The quantitative estimate of drug-likeness (QED) is 0.507. The van der Waals surface area contributed by atoms with Crippen molar-refractivity contribution in [3.05, 3.63) is 23.8 Å². The highest BCUT2D eigenvalue weighted by Gasteiger charge is 2.31. The van der Waals surface area contributed by atoms with Crippen LogP contribution in [0.25, 0.3) is 0 Å². The molecule has 0 aliphatic heterocycles. The molecular formula is C21H34F4O2. The standard InChI is InChI=1S/C20H28F2O2.CH2F2.2H2/c1-13-3-5-14(6-4-13)15-7-9-16(10-8-15)24-18-12-11-17(23-2)19(21)20(18)22;2-1-3;;/h11-16H,3-10H2,1-2H3;1H2;2*1H. The van der Waals surface area contributed by atoms with E-state index >= 15 is 0 Å². The summed E-state index contributed by atoms with van der Waals surface area (Å²) >= 11 is 0. The third-order valence-electron chi connectivity index (χ3n) is 5.97. The lowest BCUT2D eigenvalue weighted by Crippen LogP contribution is -2.29. The van der Waals surface area contributed by atoms with Gasteiger partial charge in [-0.2, -0.15) is 8.78 Å². The lowest BCUT2D eigenvalue weighted by Gasteiger charge is -2.37. The van der Waals surface area contributed by atoms with Crippen LogP contribution in [-0.4, -0.2) is 20.1 Å². The summed E-state index contributed by atoms with van der Waals surface area (Å²) in [5.41, 5.74) is 0. The zero-order valence-corrected chi connectivity index (χ0v) is 16.2. The van der Waals surface area contributed by atoms with Crippen molar-refractivity contribution in [2.45, 2.75) is 64.4 Å². The summed E-state index contributed by atoms with van der Waals surface area (Å²) in [6.45, 7) is 0.601. The van der Waals surface area contributed by atoms with Crippen LogP contribution in [0.1, 0.15) is 61.1 Å². The molecule has 3 rings (SSSR count). The molecule has 0 unspecified atom stereocenters. The Morgan fingerprint density at radius 3 is 1.81 bits per heavy atom. The maximum atomic E-state index is 14.0. The van der Waals surface area contributed by atoms with Crippen LogP contribution in [0.4, 0.5) is 17.6 Å². The number of benzene rings is 1. The molecule has 2 saturated carbocycles. The largest absolute Gasteiger partial charge is 0.494 e. The van der Waals surface area contributed by atoms with Crippen molar-refractivity contribution in [3.8, 4) is 11.5 Å². The summed E-state index contributed by atoms with van der Waals surface area (Å²) in [7, 11) is 1.33. The Labute approximate surface area is 162 Å². The Morgan fingerprint density at radius 1 is 0.852 bits per heavy atom. The third kappa shape index (κ3) is 6.01. The predicted octanol–water partition coefficient (Wildman–Crippen LogP) is 7.11. The molecule has 6 heteroatoms. The highest BCUT2D eigenvalue weighted by Crippen LogP contribution is 2.40. The summed E-state index contributed by atoms with van der Waals surface area (Å²) < 4.78 is 57.6. The van der Waals surface area contributed by atoms with Crippen LogP contribution in [0.5, 0.6) is 11.5 Å². The summed E-state index contributed by atoms with van der Waals surface area (Å²) in [4.78, 5) is 0. The topological polar surface area (TPSA) is 18.5 Å². The van der Waals surface area contributed by atoms with Gasteiger partial charge in [0.2, 0.25) is 18.6 Å². The van der Waals surface area contributed by atoms with Crippen molar-refractivity contribution in [1.29, 1.82) is 0 Å². The molecule has 2 aliphatic rings. The van der Waals surface area contributed by atoms with Crippen molar-refractivity contribution in [3.63, 3.8) is 0 Å². The van der Waals surface area contributed by atoms with E-state index in [1.165, 1.54) is 44.9 Å². The van der Waals surface area contributed by atoms with E-state index in [9.17, 15) is 17.6 Å². The number of ether oxygens (including phenoxy) is 2. The second-order valence-corrected chi connectivity index (χ2v) is 7.67. The summed E-state index contributed by atoms with van der Waals surface area (Å²) in [6, 6.07) is 2.88. The van der Waals surface area contributed by atoms with E-state index in [2.05, 4.69) is 6.92 Å². The first-order chi connectivity index (χ1) is 13.0. The molecule has 1 aromatic carbocycles. The first kappa shape index (κ1) is 21.8. The Balaban J connectivity index is 0.00000148. The van der Waals surface area contributed by atoms with Crippen molar-refractivity contribution >= 4 is 0 Å². The van der Waals surface area contributed by atoms with Crippen molar-refractivity contribution < 1.29 is 29.9 Å². The summed E-state index contributed by atoms with van der Waals surface area (Å²) in [6.07, 6.45) is 9.58. The monoisotopic (exact) mass is 394 g/mol. The van der Waals surface area contributed by atoms with Gasteiger partial charge in [-0.3, -0.25) is 0 Å². The smallest absolute Gasteiger partial charge is 0.229 e. The minimum absolute atomic E-state index is 0. The fourth-order valence-electron chi connectivity index (χ4n) is 4.38. The van der Waals surface area contributed by atoms with Crippen molar-refractivity contribution in [1.82, 2.24) is 0 Å². The number of rotatable bonds is 4. The molecule has 0 aromatic heterocycles. The molecule has 1 aromatic rings. The van der Waals surface area contributed by atoms with Crippen LogP contribution in [0.15, 0.2) is 12.1 Å². The van der Waals surface area contributed by atoms with Gasteiger partial charge < -0.3 is 9.47 Å². The molecular weight excluding hydrogens is 360 g/mol. The molecule has 0 bridgehead atoms. The zero-order valence-electron chi connectivity index (χ0n) is 16.2. The number of halogens is 4. The first-order valence-electron chi connectivity index (χ1n) is 9.80. The number of hydrogen-bond donors (Lipinski definition) is 0. The van der Waals surface area contributed by atoms with Gasteiger partial charge in [0.05, 0.1) is 13.2 Å². The highest BCUT2D eigenvalue weighted by atomic mass is 19.3. The van der Waals surface area contributed by atoms with E-state index in [0.717, 1.165) is 43.4 Å². The van der Waals surface area contributed by atoms with Gasteiger partial charge in [-0.1, -0.05) is 19.8 Å². The normalized spacial score (nSPS) is 28.1. The van der Waals surface area contributed by atoms with Crippen molar-refractivity contribution in [2.24, 2.45) is 17.8 Å². The number of methoxy groups -OCH3 is 1. The Kier molecular flexibility index (Phi) is 8.71. The van der Waals surface area contributed by atoms with Crippen LogP contribution < -0.4 is 9.47 Å². The molecule has 0 spiro atoms. The van der Waals surface area contributed by atoms with Crippen LogP contribution >= 0.6 is 0 Å². The average Bonchev–Trinajstić information content (AvgIpc) is 2.68. The molecule has 2 nitrogen and oxygen atoms in total. The van der Waals surface area contributed by atoms with Crippen LogP contribution in [0.3, 0.4) is 0 Å². The molecule has 158 valence electrons. The molecule has 0 saturated heterocycles. The predicted molar refractivity (Wildman–Crippen MR) is 102 cm³/mol. The third-order valence-corrected chi connectivity index (χ3v) is 5.97. The van der Waals surface area contributed by atoms with Gasteiger partial charge in [0.25, 0.3) is 0 Å². The average molecular weight is 394 g/mol. The van der Waals surface area contributed by atoms with Crippen molar-refractivity contribution in [2.75, 3.05) is 14.0 Å². The van der Waals surface area contributed by atoms with E-state index in [4.69, 9.17) is 9.47 Å². The minimum atomic E-state index is -1.75. The van der Waals surface area contributed by atoms with Gasteiger partial charge in [-0.15, -0.1) is 0 Å². The summed E-state index contributed by atoms with van der Waals surface area (Å²) in [5.74, 6) is 0.525. The second kappa shape index (κ2) is 10.8. The lowest BCUT2D eigenvalue weighted by molar-refractivity contribution is 0.0901. The first-order valence-corrected chi connectivity index (χ1v) is 9.80. The van der Waals surface area contributed by atoms with Gasteiger partial charge in [0.1, 0.15) is 0 Å². The van der Waals surface area contributed by atoms with Gasteiger partial charge in [0, 0.05) is 2.85 Å². The fourth-order valence-corrected chi connectivity index (χ4v) is 4.38. The van der Waals surface area contributed by atoms with Gasteiger partial charge >= 0.3 is 0 Å². The SMILES string of the molecule is COc1ccc(OC2CCC(C3CCC(C)CC3)CC2)c(F)c1F.FCF.[HH].[HH]. The molecule has 0 N–H and O–H groups in total. The molecule has 2 fully saturated rings. The van der Waals surface area contributed by atoms with Gasteiger partial charge in [-0.25, -0.2) is 8.78 Å².